The fourth-order valence-corrected chi connectivity index (χ4v) is 3.40. The number of nitrogen functional groups attached to an aromatic ring is 1. The fourth-order valence-electron chi connectivity index (χ4n) is 3.40. The molecule has 2 N–H and O–H groups in total. The SMILES string of the molecule is CC(=Nc1ccc(N=Nc2ccccc2C)cc1C)N(C)C.Cc1cc(N=Nc2ccccc2C)ccc1N. The first-order valence-electron chi connectivity index (χ1n) is 12.8. The normalized spacial score (nSPS) is 11.5. The first-order valence-corrected chi connectivity index (χ1v) is 12.8. The summed E-state index contributed by atoms with van der Waals surface area (Å²) < 4.78 is 0. The van der Waals surface area contributed by atoms with E-state index >= 15 is 0 Å². The molecule has 0 fully saturated rings. The maximum atomic E-state index is 5.75. The number of nitrogens with zero attached hydrogens (tertiary/aromatic N) is 6. The highest BCUT2D eigenvalue weighted by Crippen LogP contribution is 2.27. The molecule has 0 saturated carbocycles. The van der Waals surface area contributed by atoms with Crippen molar-refractivity contribution < 1.29 is 0 Å². The smallest absolute Gasteiger partial charge is 0.101 e. The molecule has 0 bridgehead atoms. The Hall–Kier alpha value is -4.65. The van der Waals surface area contributed by atoms with E-state index < -0.39 is 0 Å². The Labute approximate surface area is 231 Å². The van der Waals surface area contributed by atoms with Crippen molar-refractivity contribution in [3.05, 3.63) is 107 Å². The monoisotopic (exact) mass is 519 g/mol. The molecule has 0 radical (unpaired) electrons. The second kappa shape index (κ2) is 13.8. The Kier molecular flexibility index (Phi) is 10.2. The topological polar surface area (TPSA) is 91.1 Å². The van der Waals surface area contributed by atoms with Gasteiger partial charge in [0, 0.05) is 19.8 Å². The lowest BCUT2D eigenvalue weighted by molar-refractivity contribution is 0.619. The van der Waals surface area contributed by atoms with Gasteiger partial charge >= 0.3 is 0 Å². The van der Waals surface area contributed by atoms with Gasteiger partial charge in [0.1, 0.15) is 5.84 Å². The van der Waals surface area contributed by atoms with Gasteiger partial charge in [0.05, 0.1) is 28.4 Å². The third-order valence-corrected chi connectivity index (χ3v) is 6.14. The second-order valence-electron chi connectivity index (χ2n) is 9.54. The number of rotatable bonds is 5. The fraction of sp³-hybridized carbons (Fsp3) is 0.219. The highest BCUT2D eigenvalue weighted by molar-refractivity contribution is 5.82. The highest BCUT2D eigenvalue weighted by Gasteiger charge is 2.02. The van der Waals surface area contributed by atoms with Crippen LogP contribution in [0, 0.1) is 27.7 Å². The van der Waals surface area contributed by atoms with Crippen LogP contribution in [0.2, 0.25) is 0 Å². The summed E-state index contributed by atoms with van der Waals surface area (Å²) in [6, 6.07) is 27.4. The molecule has 0 aromatic heterocycles. The lowest BCUT2D eigenvalue weighted by Gasteiger charge is -2.11. The number of nitrogens with two attached hydrogens (primary N) is 1. The van der Waals surface area contributed by atoms with Gasteiger partial charge in [0.2, 0.25) is 0 Å². The predicted molar refractivity (Wildman–Crippen MR) is 164 cm³/mol. The van der Waals surface area contributed by atoms with Crippen molar-refractivity contribution in [1.82, 2.24) is 4.90 Å². The van der Waals surface area contributed by atoms with Gasteiger partial charge in [-0.05, 0) is 105 Å². The Morgan fingerprint density at radius 1 is 0.564 bits per heavy atom. The van der Waals surface area contributed by atoms with Crippen LogP contribution in [-0.4, -0.2) is 24.8 Å². The van der Waals surface area contributed by atoms with E-state index in [0.29, 0.717) is 0 Å². The molecule has 0 amide bonds. The number of amidine groups is 1. The molecule has 7 heteroatoms. The van der Waals surface area contributed by atoms with Crippen molar-refractivity contribution in [2.24, 2.45) is 25.4 Å². The molecule has 0 unspecified atom stereocenters. The molecular formula is C32H37N7. The van der Waals surface area contributed by atoms with Gasteiger partial charge in [-0.15, -0.1) is 0 Å². The lowest BCUT2D eigenvalue weighted by Crippen LogP contribution is -2.17. The number of hydrogen-bond donors (Lipinski definition) is 1. The first kappa shape index (κ1) is 28.9. The van der Waals surface area contributed by atoms with Gasteiger partial charge in [-0.1, -0.05) is 36.4 Å². The van der Waals surface area contributed by atoms with Crippen molar-refractivity contribution in [3.63, 3.8) is 0 Å². The van der Waals surface area contributed by atoms with Gasteiger partial charge in [-0.25, -0.2) is 4.99 Å². The van der Waals surface area contributed by atoms with Crippen molar-refractivity contribution in [3.8, 4) is 0 Å². The van der Waals surface area contributed by atoms with Crippen LogP contribution in [-0.2, 0) is 0 Å². The minimum absolute atomic E-state index is 0.778. The zero-order valence-electron chi connectivity index (χ0n) is 23.8. The van der Waals surface area contributed by atoms with Crippen molar-refractivity contribution in [2.75, 3.05) is 19.8 Å². The molecule has 0 saturated heterocycles. The number of azo groups is 2. The number of hydrogen-bond acceptors (Lipinski definition) is 6. The molecule has 0 spiro atoms. The van der Waals surface area contributed by atoms with E-state index in [1.165, 1.54) is 0 Å². The summed E-state index contributed by atoms with van der Waals surface area (Å²) in [5, 5.41) is 17.1. The molecule has 0 aliphatic heterocycles. The number of benzene rings is 4. The third-order valence-electron chi connectivity index (χ3n) is 6.14. The molecule has 4 aromatic carbocycles. The van der Waals surface area contributed by atoms with Crippen LogP contribution < -0.4 is 5.73 Å². The van der Waals surface area contributed by atoms with E-state index in [-0.39, 0.29) is 0 Å². The summed E-state index contributed by atoms with van der Waals surface area (Å²) in [5.41, 5.74) is 15.3. The Morgan fingerprint density at radius 2 is 1.05 bits per heavy atom. The van der Waals surface area contributed by atoms with Crippen LogP contribution in [0.25, 0.3) is 0 Å². The van der Waals surface area contributed by atoms with Gasteiger partial charge < -0.3 is 10.6 Å². The first-order chi connectivity index (χ1) is 18.6. The second-order valence-corrected chi connectivity index (χ2v) is 9.54. The van der Waals surface area contributed by atoms with E-state index in [9.17, 15) is 0 Å². The third kappa shape index (κ3) is 8.71. The van der Waals surface area contributed by atoms with Crippen molar-refractivity contribution in [2.45, 2.75) is 34.6 Å². The maximum Gasteiger partial charge on any atom is 0.101 e. The summed E-state index contributed by atoms with van der Waals surface area (Å²) in [7, 11) is 3.97. The van der Waals surface area contributed by atoms with Crippen LogP contribution in [0.4, 0.5) is 34.1 Å². The van der Waals surface area contributed by atoms with Crippen LogP contribution in [0.1, 0.15) is 29.2 Å². The van der Waals surface area contributed by atoms with Gasteiger partial charge in [0.25, 0.3) is 0 Å². The van der Waals surface area contributed by atoms with Crippen LogP contribution >= 0.6 is 0 Å². The van der Waals surface area contributed by atoms with E-state index in [0.717, 1.165) is 62.2 Å². The van der Waals surface area contributed by atoms with Crippen molar-refractivity contribution >= 4 is 40.0 Å². The summed E-state index contributed by atoms with van der Waals surface area (Å²) in [6.07, 6.45) is 0. The minimum Gasteiger partial charge on any atom is -0.399 e. The molecule has 0 heterocycles. The zero-order chi connectivity index (χ0) is 28.4. The lowest BCUT2D eigenvalue weighted by atomic mass is 10.2. The summed E-state index contributed by atoms with van der Waals surface area (Å²) >= 11 is 0. The average Bonchev–Trinajstić information content (AvgIpc) is 2.91. The van der Waals surface area contributed by atoms with Crippen LogP contribution in [0.5, 0.6) is 0 Å². The van der Waals surface area contributed by atoms with Gasteiger partial charge in [-0.2, -0.15) is 20.5 Å². The average molecular weight is 520 g/mol. The molecule has 39 heavy (non-hydrogen) atoms. The van der Waals surface area contributed by atoms with Crippen molar-refractivity contribution in [1.29, 1.82) is 0 Å². The zero-order valence-corrected chi connectivity index (χ0v) is 23.8. The molecule has 0 aliphatic carbocycles. The molecule has 4 aromatic rings. The number of aryl methyl sites for hydroxylation is 4. The van der Waals surface area contributed by atoms with Crippen LogP contribution in [0.3, 0.4) is 0 Å². The Balaban J connectivity index is 0.000000223. The van der Waals surface area contributed by atoms with Gasteiger partial charge in [-0.3, -0.25) is 0 Å². The summed E-state index contributed by atoms with van der Waals surface area (Å²) in [6.45, 7) is 10.0. The van der Waals surface area contributed by atoms with E-state index in [1.807, 2.05) is 139 Å². The largest absolute Gasteiger partial charge is 0.399 e. The van der Waals surface area contributed by atoms with E-state index in [4.69, 9.17) is 5.73 Å². The van der Waals surface area contributed by atoms with E-state index in [1.54, 1.807) is 0 Å². The number of anilines is 1. The predicted octanol–water partition coefficient (Wildman–Crippen LogP) is 9.63. The number of aliphatic imine (C=N–C) groups is 1. The Morgan fingerprint density at radius 3 is 1.51 bits per heavy atom. The highest BCUT2D eigenvalue weighted by atomic mass is 15.1. The molecule has 0 aliphatic rings. The summed E-state index contributed by atoms with van der Waals surface area (Å²) in [4.78, 5) is 6.59. The quantitative estimate of drug-likeness (QED) is 0.123. The standard InChI is InChI=1S/C18H22N4.C14H15N3/c1-13-8-6-7-9-18(13)21-20-16-10-11-17(14(2)12-16)19-15(3)22(4)5;1-10-5-3-4-6-14(10)17-16-12-7-8-13(15)11(2)9-12/h6-12H,1-5H3;3-9H,15H2,1-2H3. The summed E-state index contributed by atoms with van der Waals surface area (Å²) in [5.74, 6) is 0.970. The molecule has 0 atom stereocenters. The maximum absolute atomic E-state index is 5.75. The molecular weight excluding hydrogens is 482 g/mol. The van der Waals surface area contributed by atoms with Crippen LogP contribution in [0.15, 0.2) is 110 Å². The van der Waals surface area contributed by atoms with Gasteiger partial charge in [0.15, 0.2) is 0 Å². The minimum atomic E-state index is 0.778. The molecule has 4 rings (SSSR count). The van der Waals surface area contributed by atoms with E-state index in [2.05, 4.69) is 25.4 Å². The Bertz CT molecular complexity index is 1500. The molecule has 7 nitrogen and oxygen atoms in total. The molecule has 200 valence electrons.